The lowest BCUT2D eigenvalue weighted by Crippen LogP contribution is -2.53. The summed E-state index contributed by atoms with van der Waals surface area (Å²) in [7, 11) is 1.58. The lowest BCUT2D eigenvalue weighted by atomic mass is 9.84. The number of amides is 2. The molecule has 0 atom stereocenters. The molecule has 1 N–H and O–H groups in total. The van der Waals surface area contributed by atoms with Gasteiger partial charge in [0.15, 0.2) is 5.54 Å². The molecule has 40 heavy (non-hydrogen) atoms. The van der Waals surface area contributed by atoms with Gasteiger partial charge in [-0.25, -0.2) is 9.80 Å². The minimum atomic E-state index is -0.999. The third-order valence-electron chi connectivity index (χ3n) is 7.94. The Morgan fingerprint density at radius 1 is 0.925 bits per heavy atom. The molecule has 11 heteroatoms. The second-order valence-electron chi connectivity index (χ2n) is 10.9. The van der Waals surface area contributed by atoms with Gasteiger partial charge in [0.25, 0.3) is 0 Å². The molecule has 201 valence electrons. The van der Waals surface area contributed by atoms with Crippen LogP contribution in [-0.2, 0) is 5.21 Å². The number of nitriles is 2. The quantitative estimate of drug-likeness (QED) is 0.378. The first-order valence-electron chi connectivity index (χ1n) is 12.6. The Morgan fingerprint density at radius 2 is 1.40 bits per heavy atom. The number of anilines is 1. The van der Waals surface area contributed by atoms with Crippen LogP contribution in [0.4, 0.5) is 10.5 Å². The van der Waals surface area contributed by atoms with Gasteiger partial charge in [0.1, 0.15) is 23.5 Å². The van der Waals surface area contributed by atoms with E-state index in [0.717, 1.165) is 9.80 Å². The van der Waals surface area contributed by atoms with E-state index < -0.39 is 17.1 Å². The molecule has 0 aromatic heterocycles. The van der Waals surface area contributed by atoms with Crippen LogP contribution < -0.4 is 10.4 Å². The summed E-state index contributed by atoms with van der Waals surface area (Å²) in [5, 5.41) is 56.3. The Hall–Kier alpha value is -5.13. The number of nitrogens with zero attached hydrogens (tertiary/aromatic N) is 7. The number of amidine groups is 2. The molecule has 0 aliphatic carbocycles. The van der Waals surface area contributed by atoms with Crippen molar-refractivity contribution in [3.05, 3.63) is 70.4 Å². The summed E-state index contributed by atoms with van der Waals surface area (Å²) in [5.41, 5.74) is 2.41. The molecule has 0 fully saturated rings. The average molecular weight is 536 g/mol. The van der Waals surface area contributed by atoms with Crippen LogP contribution in [-0.4, -0.2) is 50.6 Å². The SMILES string of the molecule is CC1=NN(c2cc3ccc4cc(C5=[N+]([O-])C(C)(C)C(C)(C)N5[O])cc(ccc(c2)c3C#N)c4C#N)C(=O)N(C)N1. The molecule has 5 rings (SSSR count). The summed E-state index contributed by atoms with van der Waals surface area (Å²) in [6.45, 7) is 8.62. The molecule has 0 unspecified atom stereocenters. The third kappa shape index (κ3) is 3.79. The number of fused-ring (bicyclic) bond motifs is 4. The normalized spacial score (nSPS) is 18.0. The molecule has 0 spiro atoms. The van der Waals surface area contributed by atoms with E-state index in [1.807, 2.05) is 0 Å². The summed E-state index contributed by atoms with van der Waals surface area (Å²) in [5.74, 6) is 0.479. The summed E-state index contributed by atoms with van der Waals surface area (Å²) in [4.78, 5) is 12.8. The number of hydrogen-bond acceptors (Lipinski definition) is 7. The number of hydroxylamine groups is 3. The van der Waals surface area contributed by atoms with E-state index in [1.165, 1.54) is 10.0 Å². The summed E-state index contributed by atoms with van der Waals surface area (Å²) in [6.07, 6.45) is 0. The molecular formula is C29H27N8O3. The van der Waals surface area contributed by atoms with Crippen molar-refractivity contribution < 1.29 is 14.7 Å². The number of hydrazone groups is 1. The van der Waals surface area contributed by atoms with Gasteiger partial charge in [0.2, 0.25) is 0 Å². The van der Waals surface area contributed by atoms with Gasteiger partial charge in [-0.15, -0.1) is 5.10 Å². The van der Waals surface area contributed by atoms with E-state index in [1.54, 1.807) is 90.2 Å². The highest BCUT2D eigenvalue weighted by Gasteiger charge is 2.60. The Balaban J connectivity index is 1.81. The van der Waals surface area contributed by atoms with Crippen molar-refractivity contribution in [3.8, 4) is 12.1 Å². The zero-order valence-corrected chi connectivity index (χ0v) is 23.0. The zero-order valence-electron chi connectivity index (χ0n) is 23.0. The Morgan fingerprint density at radius 3 is 1.82 bits per heavy atom. The van der Waals surface area contributed by atoms with Gasteiger partial charge in [-0.2, -0.15) is 15.5 Å². The molecular weight excluding hydrogens is 508 g/mol. The Labute approximate surface area is 231 Å². The standard InChI is InChI=1S/C29H27N8O3/c1-17-32-34(6)27(38)35(33-17)23-13-20-9-7-18-11-22(26-36(39)28(2,3)29(4,5)37(26)40)12-19(24(18)15-30)8-10-21(14-23)25(20)16-31/h7-14H,1-6H3,(H,32,33). The van der Waals surface area contributed by atoms with Gasteiger partial charge in [0.05, 0.1) is 22.4 Å². The number of carbonyl (C=O) groups is 1. The monoisotopic (exact) mass is 535 g/mol. The molecule has 0 saturated heterocycles. The molecule has 0 saturated carbocycles. The first-order chi connectivity index (χ1) is 18.8. The van der Waals surface area contributed by atoms with Gasteiger partial charge < -0.3 is 5.21 Å². The van der Waals surface area contributed by atoms with Gasteiger partial charge >= 0.3 is 11.9 Å². The molecule has 3 aromatic carbocycles. The topological polar surface area (TPSA) is 145 Å². The first kappa shape index (κ1) is 26.5. The maximum atomic E-state index is 13.3. The highest BCUT2D eigenvalue weighted by atomic mass is 16.5. The summed E-state index contributed by atoms with van der Waals surface area (Å²) < 4.78 is 0.737. The second-order valence-corrected chi connectivity index (χ2v) is 10.9. The fourth-order valence-electron chi connectivity index (χ4n) is 4.91. The van der Waals surface area contributed by atoms with E-state index in [0.29, 0.717) is 49.8 Å². The van der Waals surface area contributed by atoms with Crippen molar-refractivity contribution in [2.45, 2.75) is 45.7 Å². The van der Waals surface area contributed by atoms with Crippen LogP contribution in [0.2, 0.25) is 0 Å². The Kier molecular flexibility index (Phi) is 5.94. The number of carbonyl (C=O) groups excluding carboxylic acids is 1. The minimum Gasteiger partial charge on any atom is -0.714 e. The van der Waals surface area contributed by atoms with Crippen molar-refractivity contribution in [1.29, 1.82) is 10.5 Å². The zero-order chi connectivity index (χ0) is 29.1. The van der Waals surface area contributed by atoms with E-state index in [9.17, 15) is 25.7 Å². The molecule has 2 amide bonds. The maximum absolute atomic E-state index is 13.3. The van der Waals surface area contributed by atoms with Crippen LogP contribution in [0.3, 0.4) is 0 Å². The van der Waals surface area contributed by atoms with E-state index in [-0.39, 0.29) is 5.84 Å². The fourth-order valence-corrected chi connectivity index (χ4v) is 4.91. The molecule has 4 bridgehead atoms. The van der Waals surface area contributed by atoms with Gasteiger partial charge in [-0.05, 0) is 80.4 Å². The average Bonchev–Trinajstić information content (AvgIpc) is 3.02. The number of benzene rings is 2. The summed E-state index contributed by atoms with van der Waals surface area (Å²) >= 11 is 0. The molecule has 2 aliphatic rings. The molecule has 1 radical (unpaired) electrons. The van der Waals surface area contributed by atoms with Crippen LogP contribution >= 0.6 is 0 Å². The van der Waals surface area contributed by atoms with Gasteiger partial charge in [0, 0.05) is 12.3 Å². The van der Waals surface area contributed by atoms with Crippen LogP contribution in [0.5, 0.6) is 0 Å². The van der Waals surface area contributed by atoms with E-state index in [4.69, 9.17) is 0 Å². The number of hydrazine groups is 1. The van der Waals surface area contributed by atoms with Crippen molar-refractivity contribution in [1.82, 2.24) is 15.5 Å². The van der Waals surface area contributed by atoms with Gasteiger partial charge in [-0.1, -0.05) is 29.3 Å². The molecule has 3 aromatic rings. The lowest BCUT2D eigenvalue weighted by molar-refractivity contribution is -0.539. The first-order valence-corrected chi connectivity index (χ1v) is 12.6. The number of urea groups is 1. The Bertz CT molecular complexity index is 1730. The van der Waals surface area contributed by atoms with Crippen LogP contribution in [0, 0.1) is 27.9 Å². The highest BCUT2D eigenvalue weighted by Crippen LogP contribution is 2.38. The number of nitrogens with one attached hydrogen (secondary N) is 1. The molecule has 11 nitrogen and oxygen atoms in total. The van der Waals surface area contributed by atoms with Crippen molar-refractivity contribution >= 4 is 44.9 Å². The van der Waals surface area contributed by atoms with Crippen molar-refractivity contribution in [3.63, 3.8) is 0 Å². The largest absolute Gasteiger partial charge is 0.714 e. The fraction of sp³-hybridized carbons (Fsp3) is 0.276. The van der Waals surface area contributed by atoms with Crippen LogP contribution in [0.15, 0.2) is 53.6 Å². The lowest BCUT2D eigenvalue weighted by Gasteiger charge is -2.32. The molecule has 2 heterocycles. The smallest absolute Gasteiger partial charge is 0.363 e. The second kappa shape index (κ2) is 8.97. The summed E-state index contributed by atoms with van der Waals surface area (Å²) in [6, 6.07) is 17.4. The maximum Gasteiger partial charge on any atom is 0.363 e. The predicted octanol–water partition coefficient (Wildman–Crippen LogP) is 4.48. The van der Waals surface area contributed by atoms with Crippen LogP contribution in [0.25, 0.3) is 21.5 Å². The minimum absolute atomic E-state index is 0.0334. The van der Waals surface area contributed by atoms with Crippen molar-refractivity contribution in [2.75, 3.05) is 12.1 Å². The predicted molar refractivity (Wildman–Crippen MR) is 150 cm³/mol. The third-order valence-corrected chi connectivity index (χ3v) is 7.94. The van der Waals surface area contributed by atoms with E-state index in [2.05, 4.69) is 22.7 Å². The van der Waals surface area contributed by atoms with Crippen LogP contribution in [0.1, 0.15) is 51.3 Å². The highest BCUT2D eigenvalue weighted by molar-refractivity contribution is 6.02. The number of hydrogen-bond donors (Lipinski definition) is 1. The molecule has 2 aliphatic heterocycles. The van der Waals surface area contributed by atoms with E-state index >= 15 is 0 Å². The van der Waals surface area contributed by atoms with Crippen molar-refractivity contribution in [2.24, 2.45) is 5.10 Å². The van der Waals surface area contributed by atoms with Gasteiger partial charge in [-0.3, -0.25) is 10.2 Å². The number of rotatable bonds is 2.